The number of anilines is 2. The molecule has 2 amide bonds. The zero-order valence-corrected chi connectivity index (χ0v) is 18.7. The zero-order chi connectivity index (χ0) is 22.4. The summed E-state index contributed by atoms with van der Waals surface area (Å²) in [5.74, 6) is -2.04. The van der Waals surface area contributed by atoms with Gasteiger partial charge in [-0.05, 0) is 31.5 Å². The molecule has 31 heavy (non-hydrogen) atoms. The molecule has 1 aliphatic heterocycles. The van der Waals surface area contributed by atoms with E-state index >= 15 is 0 Å². The number of carbonyl (C=O) groups is 4. The van der Waals surface area contributed by atoms with E-state index in [0.29, 0.717) is 17.1 Å². The molecular weight excluding hydrogens is 440 g/mol. The van der Waals surface area contributed by atoms with Gasteiger partial charge in [0.1, 0.15) is 5.00 Å². The molecule has 8 nitrogen and oxygen atoms in total. The number of hydrogen-bond acceptors (Lipinski definition) is 8. The number of aryl methyl sites for hydroxylation is 1. The summed E-state index contributed by atoms with van der Waals surface area (Å²) >= 11 is 2.55. The highest BCUT2D eigenvalue weighted by atomic mass is 32.2. The summed E-state index contributed by atoms with van der Waals surface area (Å²) in [6.45, 7) is 3.34. The van der Waals surface area contributed by atoms with Crippen molar-refractivity contribution in [3.63, 3.8) is 0 Å². The number of esters is 2. The van der Waals surface area contributed by atoms with Crippen molar-refractivity contribution in [3.8, 4) is 0 Å². The summed E-state index contributed by atoms with van der Waals surface area (Å²) in [5, 5.41) is 5.08. The normalized spacial score (nSPS) is 14.9. The minimum absolute atomic E-state index is 0.162. The lowest BCUT2D eigenvalue weighted by Gasteiger charge is -2.23. The third kappa shape index (κ3) is 5.86. The van der Waals surface area contributed by atoms with Crippen LogP contribution in [0.2, 0.25) is 0 Å². The lowest BCUT2D eigenvalue weighted by molar-refractivity contribution is -0.147. The average Bonchev–Trinajstić information content (AvgIpc) is 3.16. The first-order valence-corrected chi connectivity index (χ1v) is 11.4. The number of carbonyl (C=O) groups excluding carboxylic acids is 4. The Morgan fingerprint density at radius 1 is 1.16 bits per heavy atom. The number of ether oxygens (including phenoxy) is 2. The quantitative estimate of drug-likeness (QED) is 0.578. The molecule has 0 saturated heterocycles. The van der Waals surface area contributed by atoms with E-state index < -0.39 is 29.7 Å². The lowest BCUT2D eigenvalue weighted by Crippen LogP contribution is -2.32. The maximum absolute atomic E-state index is 12.2. The van der Waals surface area contributed by atoms with Gasteiger partial charge in [0.25, 0.3) is 5.91 Å². The first kappa shape index (κ1) is 22.8. The second-order valence-corrected chi connectivity index (χ2v) is 8.92. The Kier molecular flexibility index (Phi) is 7.69. The largest absolute Gasteiger partial charge is 0.462 e. The monoisotopic (exact) mass is 462 g/mol. The summed E-state index contributed by atoms with van der Waals surface area (Å²) in [4.78, 5) is 50.5. The Hall–Kier alpha value is -2.85. The number of rotatable bonds is 8. The Bertz CT molecular complexity index is 1000. The molecule has 0 unspecified atom stereocenters. The molecule has 164 valence electrons. The Morgan fingerprint density at radius 3 is 2.68 bits per heavy atom. The molecule has 2 aromatic rings. The third-order valence-electron chi connectivity index (χ3n) is 4.30. The van der Waals surface area contributed by atoms with Crippen molar-refractivity contribution >= 4 is 57.5 Å². The van der Waals surface area contributed by atoms with Crippen molar-refractivity contribution in [3.05, 3.63) is 40.8 Å². The van der Waals surface area contributed by atoms with Crippen LogP contribution in [0.25, 0.3) is 0 Å². The maximum Gasteiger partial charge on any atom is 0.341 e. The maximum atomic E-state index is 12.2. The molecule has 1 aromatic heterocycles. The second-order valence-electron chi connectivity index (χ2n) is 6.53. The van der Waals surface area contributed by atoms with Crippen LogP contribution in [0.4, 0.5) is 10.7 Å². The van der Waals surface area contributed by atoms with E-state index in [0.717, 1.165) is 9.77 Å². The smallest absolute Gasteiger partial charge is 0.341 e. The fourth-order valence-electron chi connectivity index (χ4n) is 2.82. The van der Waals surface area contributed by atoms with Crippen LogP contribution in [-0.4, -0.2) is 42.2 Å². The van der Waals surface area contributed by atoms with E-state index in [1.165, 1.54) is 23.1 Å². The molecule has 0 saturated carbocycles. The van der Waals surface area contributed by atoms with Crippen LogP contribution in [0.15, 0.2) is 35.2 Å². The van der Waals surface area contributed by atoms with E-state index in [1.807, 2.05) is 25.1 Å². The van der Waals surface area contributed by atoms with Crippen molar-refractivity contribution in [2.45, 2.75) is 36.8 Å². The number of hydrogen-bond donors (Lipinski definition) is 2. The summed E-state index contributed by atoms with van der Waals surface area (Å²) in [6, 6.07) is 9.00. The summed E-state index contributed by atoms with van der Waals surface area (Å²) in [5.41, 5.74) is 0.985. The molecule has 1 aliphatic rings. The van der Waals surface area contributed by atoms with Gasteiger partial charge in [0.05, 0.1) is 29.5 Å². The standard InChI is InChI=1S/C21H22N2O6S2/c1-3-12-9-13(21(27)28-4-2)20(30-12)23-17(24)11-29-18(25)10-16-19(26)22-14-7-5-6-8-15(14)31-16/h5-9,16H,3-4,10-11H2,1-2H3,(H,22,26)(H,23,24)/t16-/m1/s1. The van der Waals surface area contributed by atoms with Crippen molar-refractivity contribution in [1.29, 1.82) is 0 Å². The number of para-hydroxylation sites is 1. The van der Waals surface area contributed by atoms with Crippen LogP contribution >= 0.6 is 23.1 Å². The summed E-state index contributed by atoms with van der Waals surface area (Å²) in [7, 11) is 0. The first-order chi connectivity index (χ1) is 14.9. The minimum Gasteiger partial charge on any atom is -0.462 e. The van der Waals surface area contributed by atoms with Gasteiger partial charge in [0, 0.05) is 9.77 Å². The molecule has 1 atom stereocenters. The average molecular weight is 463 g/mol. The molecule has 0 fully saturated rings. The van der Waals surface area contributed by atoms with Gasteiger partial charge in [-0.2, -0.15) is 0 Å². The fourth-order valence-corrected chi connectivity index (χ4v) is 4.91. The summed E-state index contributed by atoms with van der Waals surface area (Å²) < 4.78 is 10.1. The Labute approximate surface area is 187 Å². The van der Waals surface area contributed by atoms with Crippen LogP contribution in [0.1, 0.15) is 35.5 Å². The van der Waals surface area contributed by atoms with Gasteiger partial charge in [-0.25, -0.2) is 4.79 Å². The molecule has 2 heterocycles. The lowest BCUT2D eigenvalue weighted by atomic mass is 10.2. The van der Waals surface area contributed by atoms with Crippen molar-refractivity contribution in [1.82, 2.24) is 0 Å². The van der Waals surface area contributed by atoms with Crippen molar-refractivity contribution in [2.75, 3.05) is 23.8 Å². The highest BCUT2D eigenvalue weighted by Crippen LogP contribution is 2.36. The van der Waals surface area contributed by atoms with E-state index in [1.54, 1.807) is 19.1 Å². The number of nitrogens with one attached hydrogen (secondary N) is 2. The molecule has 0 aliphatic carbocycles. The van der Waals surface area contributed by atoms with Gasteiger partial charge < -0.3 is 20.1 Å². The number of benzene rings is 1. The highest BCUT2D eigenvalue weighted by molar-refractivity contribution is 8.01. The molecule has 0 bridgehead atoms. The van der Waals surface area contributed by atoms with Gasteiger partial charge in [0.2, 0.25) is 5.91 Å². The third-order valence-corrected chi connectivity index (χ3v) is 6.77. The molecule has 10 heteroatoms. The second kappa shape index (κ2) is 10.5. The number of amides is 2. The van der Waals surface area contributed by atoms with Gasteiger partial charge in [-0.3, -0.25) is 14.4 Å². The molecule has 0 spiro atoms. The van der Waals surface area contributed by atoms with Crippen LogP contribution < -0.4 is 10.6 Å². The number of fused-ring (bicyclic) bond motifs is 1. The molecule has 2 N–H and O–H groups in total. The molecule has 3 rings (SSSR count). The van der Waals surface area contributed by atoms with Crippen LogP contribution in [-0.2, 0) is 30.3 Å². The van der Waals surface area contributed by atoms with E-state index in [-0.39, 0.29) is 24.5 Å². The van der Waals surface area contributed by atoms with Gasteiger partial charge in [-0.15, -0.1) is 23.1 Å². The first-order valence-electron chi connectivity index (χ1n) is 9.73. The predicted molar refractivity (Wildman–Crippen MR) is 119 cm³/mol. The van der Waals surface area contributed by atoms with Crippen LogP contribution in [0.5, 0.6) is 0 Å². The zero-order valence-electron chi connectivity index (χ0n) is 17.1. The molecule has 0 radical (unpaired) electrons. The van der Waals surface area contributed by atoms with Gasteiger partial charge in [-0.1, -0.05) is 19.1 Å². The topological polar surface area (TPSA) is 111 Å². The molecule has 1 aromatic carbocycles. The van der Waals surface area contributed by atoms with Gasteiger partial charge >= 0.3 is 11.9 Å². The van der Waals surface area contributed by atoms with Crippen LogP contribution in [0, 0.1) is 0 Å². The summed E-state index contributed by atoms with van der Waals surface area (Å²) in [6.07, 6.45) is 0.539. The Balaban J connectivity index is 1.53. The Morgan fingerprint density at radius 2 is 1.94 bits per heavy atom. The van der Waals surface area contributed by atoms with Crippen LogP contribution in [0.3, 0.4) is 0 Å². The number of thioether (sulfide) groups is 1. The van der Waals surface area contributed by atoms with Crippen molar-refractivity contribution < 1.29 is 28.7 Å². The van der Waals surface area contributed by atoms with E-state index in [9.17, 15) is 19.2 Å². The van der Waals surface area contributed by atoms with Gasteiger partial charge in [0.15, 0.2) is 6.61 Å². The highest BCUT2D eigenvalue weighted by Gasteiger charge is 2.29. The van der Waals surface area contributed by atoms with E-state index in [2.05, 4.69) is 10.6 Å². The SMILES string of the molecule is CCOC(=O)c1cc(CC)sc1NC(=O)COC(=O)C[C@H]1Sc2ccccc2NC1=O. The molecular formula is C21H22N2O6S2. The number of thiophene rings is 1. The van der Waals surface area contributed by atoms with E-state index in [4.69, 9.17) is 9.47 Å². The van der Waals surface area contributed by atoms with Crippen molar-refractivity contribution in [2.24, 2.45) is 0 Å². The fraction of sp³-hybridized carbons (Fsp3) is 0.333. The minimum atomic E-state index is -0.659. The predicted octanol–water partition coefficient (Wildman–Crippen LogP) is 3.47.